The van der Waals surface area contributed by atoms with Gasteiger partial charge in [0.2, 0.25) is 0 Å². The number of allylic oxidation sites excluding steroid dienone is 4. The molecule has 4 heteroatoms. The summed E-state index contributed by atoms with van der Waals surface area (Å²) in [6, 6.07) is 0. The molecule has 0 aromatic rings. The molecular weight excluding hydrogens is 256 g/mol. The Hall–Kier alpha value is -1.71. The fraction of sp³-hybridized carbons (Fsp3) is 0.562. The third kappa shape index (κ3) is 2.74. The zero-order valence-corrected chi connectivity index (χ0v) is 13.0. The van der Waals surface area contributed by atoms with Crippen molar-refractivity contribution in [3.63, 3.8) is 0 Å². The van der Waals surface area contributed by atoms with E-state index in [1.54, 1.807) is 13.8 Å². The van der Waals surface area contributed by atoms with E-state index in [0.29, 0.717) is 16.7 Å². The molecule has 1 atom stereocenters. The summed E-state index contributed by atoms with van der Waals surface area (Å²) in [5.41, 5.74) is 0.639. The van der Waals surface area contributed by atoms with Crippen LogP contribution in [0.1, 0.15) is 41.0 Å². The molecule has 0 aromatic carbocycles. The molecule has 110 valence electrons. The van der Waals surface area contributed by atoms with Crippen molar-refractivity contribution >= 4 is 17.5 Å². The summed E-state index contributed by atoms with van der Waals surface area (Å²) in [6.45, 7) is 9.00. The number of ether oxygens (including phenoxy) is 1. The van der Waals surface area contributed by atoms with Crippen LogP contribution in [0.2, 0.25) is 0 Å². The molecule has 1 unspecified atom stereocenters. The average Bonchev–Trinajstić information content (AvgIpc) is 2.39. The van der Waals surface area contributed by atoms with Gasteiger partial charge in [0.1, 0.15) is 0 Å². The zero-order valence-electron chi connectivity index (χ0n) is 13.0. The molecule has 0 spiro atoms. The molecule has 0 N–H and O–H groups in total. The standard InChI is InChI=1S/C16H22O4/c1-9(2)16(5,8-14(18)20-6)12-7-13(17)10(3)11(4)15(12)19/h7,9H,8H2,1-6H3. The van der Waals surface area contributed by atoms with Gasteiger partial charge in [-0.1, -0.05) is 20.8 Å². The smallest absolute Gasteiger partial charge is 0.306 e. The van der Waals surface area contributed by atoms with Crippen molar-refractivity contribution in [2.45, 2.75) is 41.0 Å². The summed E-state index contributed by atoms with van der Waals surface area (Å²) in [7, 11) is 1.32. The van der Waals surface area contributed by atoms with Crippen molar-refractivity contribution in [3.05, 3.63) is 22.8 Å². The van der Waals surface area contributed by atoms with Gasteiger partial charge >= 0.3 is 5.97 Å². The van der Waals surface area contributed by atoms with Gasteiger partial charge in [-0.25, -0.2) is 0 Å². The highest BCUT2D eigenvalue weighted by Crippen LogP contribution is 2.42. The Labute approximate surface area is 119 Å². The van der Waals surface area contributed by atoms with E-state index >= 15 is 0 Å². The van der Waals surface area contributed by atoms with E-state index < -0.39 is 5.41 Å². The van der Waals surface area contributed by atoms with Crippen LogP contribution >= 0.6 is 0 Å². The highest BCUT2D eigenvalue weighted by atomic mass is 16.5. The number of carbonyl (C=O) groups excluding carboxylic acids is 3. The summed E-state index contributed by atoms with van der Waals surface area (Å²) >= 11 is 0. The molecule has 1 rings (SSSR count). The molecule has 0 bridgehead atoms. The van der Waals surface area contributed by atoms with Crippen LogP contribution in [0.15, 0.2) is 22.8 Å². The van der Waals surface area contributed by atoms with Gasteiger partial charge in [0, 0.05) is 22.1 Å². The topological polar surface area (TPSA) is 60.4 Å². The lowest BCUT2D eigenvalue weighted by molar-refractivity contribution is -0.143. The highest BCUT2D eigenvalue weighted by Gasteiger charge is 2.41. The van der Waals surface area contributed by atoms with Crippen molar-refractivity contribution in [2.75, 3.05) is 7.11 Å². The second-order valence-corrected chi connectivity index (χ2v) is 5.83. The Kier molecular flexibility index (Phi) is 4.69. The predicted octanol–water partition coefficient (Wildman–Crippen LogP) is 2.63. The molecule has 0 aromatic heterocycles. The Morgan fingerprint density at radius 1 is 1.25 bits per heavy atom. The van der Waals surface area contributed by atoms with Crippen molar-refractivity contribution in [3.8, 4) is 0 Å². The molecule has 0 aliphatic heterocycles. The largest absolute Gasteiger partial charge is 0.469 e. The number of ketones is 2. The van der Waals surface area contributed by atoms with E-state index in [2.05, 4.69) is 0 Å². The van der Waals surface area contributed by atoms with Gasteiger partial charge in [0.25, 0.3) is 0 Å². The minimum atomic E-state index is -0.707. The van der Waals surface area contributed by atoms with Gasteiger partial charge in [0.15, 0.2) is 11.6 Å². The SMILES string of the molecule is COC(=O)CC(C)(C1=CC(=O)C(C)=C(C)C1=O)C(C)C. The van der Waals surface area contributed by atoms with Gasteiger partial charge in [0.05, 0.1) is 13.5 Å². The Balaban J connectivity index is 3.30. The maximum atomic E-state index is 12.5. The molecule has 4 nitrogen and oxygen atoms in total. The van der Waals surface area contributed by atoms with Crippen molar-refractivity contribution in [1.82, 2.24) is 0 Å². The number of hydrogen-bond donors (Lipinski definition) is 0. The summed E-state index contributed by atoms with van der Waals surface area (Å²) in [5, 5.41) is 0. The van der Waals surface area contributed by atoms with Gasteiger partial charge in [-0.3, -0.25) is 14.4 Å². The fourth-order valence-electron chi connectivity index (χ4n) is 2.27. The zero-order chi connectivity index (χ0) is 15.7. The number of methoxy groups -OCH3 is 1. The molecule has 0 saturated carbocycles. The predicted molar refractivity (Wildman–Crippen MR) is 76.0 cm³/mol. The van der Waals surface area contributed by atoms with Crippen molar-refractivity contribution in [2.24, 2.45) is 11.3 Å². The first-order chi connectivity index (χ1) is 9.15. The normalized spacial score (nSPS) is 19.1. The number of rotatable bonds is 4. The second-order valence-electron chi connectivity index (χ2n) is 5.83. The Bertz CT molecular complexity index is 523. The quantitative estimate of drug-likeness (QED) is 0.586. The lowest BCUT2D eigenvalue weighted by Crippen LogP contribution is -2.35. The van der Waals surface area contributed by atoms with Crippen LogP contribution in [0.4, 0.5) is 0 Å². The molecule has 1 aliphatic carbocycles. The number of esters is 1. The van der Waals surface area contributed by atoms with Crippen LogP contribution < -0.4 is 0 Å². The summed E-state index contributed by atoms with van der Waals surface area (Å²) in [4.78, 5) is 36.1. The van der Waals surface area contributed by atoms with E-state index in [0.717, 1.165) is 0 Å². The third-order valence-electron chi connectivity index (χ3n) is 4.42. The Morgan fingerprint density at radius 2 is 1.80 bits per heavy atom. The lowest BCUT2D eigenvalue weighted by Gasteiger charge is -2.36. The summed E-state index contributed by atoms with van der Waals surface area (Å²) in [6.07, 6.45) is 1.46. The van der Waals surface area contributed by atoms with E-state index in [-0.39, 0.29) is 29.9 Å². The molecule has 0 amide bonds. The Morgan fingerprint density at radius 3 is 2.25 bits per heavy atom. The first kappa shape index (κ1) is 16.3. The van der Waals surface area contributed by atoms with Crippen LogP contribution in [0.25, 0.3) is 0 Å². The van der Waals surface area contributed by atoms with E-state index in [9.17, 15) is 14.4 Å². The average molecular weight is 278 g/mol. The first-order valence-corrected chi connectivity index (χ1v) is 6.70. The van der Waals surface area contributed by atoms with E-state index in [1.165, 1.54) is 13.2 Å². The molecule has 1 aliphatic rings. The number of carbonyl (C=O) groups is 3. The molecule has 0 saturated heterocycles. The van der Waals surface area contributed by atoms with Gasteiger partial charge in [-0.2, -0.15) is 0 Å². The molecule has 0 heterocycles. The molecule has 0 radical (unpaired) electrons. The van der Waals surface area contributed by atoms with Gasteiger partial charge in [-0.15, -0.1) is 0 Å². The first-order valence-electron chi connectivity index (χ1n) is 6.70. The van der Waals surface area contributed by atoms with Crippen LogP contribution in [0.5, 0.6) is 0 Å². The van der Waals surface area contributed by atoms with Gasteiger partial charge < -0.3 is 4.74 Å². The van der Waals surface area contributed by atoms with Crippen molar-refractivity contribution in [1.29, 1.82) is 0 Å². The lowest BCUT2D eigenvalue weighted by atomic mass is 9.66. The fourth-order valence-corrected chi connectivity index (χ4v) is 2.27. The molecular formula is C16H22O4. The van der Waals surface area contributed by atoms with E-state index in [4.69, 9.17) is 4.74 Å². The number of hydrogen-bond acceptors (Lipinski definition) is 4. The minimum Gasteiger partial charge on any atom is -0.469 e. The maximum Gasteiger partial charge on any atom is 0.306 e. The van der Waals surface area contributed by atoms with Crippen LogP contribution in [0, 0.1) is 11.3 Å². The highest BCUT2D eigenvalue weighted by molar-refractivity contribution is 6.22. The van der Waals surface area contributed by atoms with Crippen LogP contribution in [-0.2, 0) is 19.1 Å². The minimum absolute atomic E-state index is 0.0239. The monoisotopic (exact) mass is 278 g/mol. The van der Waals surface area contributed by atoms with E-state index in [1.807, 2.05) is 20.8 Å². The summed E-state index contributed by atoms with van der Waals surface area (Å²) in [5.74, 6) is -0.668. The molecule has 0 fully saturated rings. The maximum absolute atomic E-state index is 12.5. The van der Waals surface area contributed by atoms with Crippen LogP contribution in [0.3, 0.4) is 0 Å². The second kappa shape index (κ2) is 5.73. The van der Waals surface area contributed by atoms with Crippen molar-refractivity contribution < 1.29 is 19.1 Å². The summed E-state index contributed by atoms with van der Waals surface area (Å²) < 4.78 is 4.72. The van der Waals surface area contributed by atoms with Crippen LogP contribution in [-0.4, -0.2) is 24.6 Å². The van der Waals surface area contributed by atoms with Gasteiger partial charge in [-0.05, 0) is 25.8 Å². The number of Topliss-reactive ketones (excluding diaryl/α,β-unsaturated/α-hetero) is 1. The molecule has 20 heavy (non-hydrogen) atoms. The third-order valence-corrected chi connectivity index (χ3v) is 4.42.